The SMILES string of the molecule is CCOC(=O)c1ccc(Nc2nc(-c3ccc(F)cc3)c(-c3ccc(S(N)(=O)=O)cc3)s2)cc1. The number of thiazole rings is 1. The van der Waals surface area contributed by atoms with Gasteiger partial charge in [0.2, 0.25) is 10.0 Å². The van der Waals surface area contributed by atoms with Gasteiger partial charge in [0, 0.05) is 11.3 Å². The molecule has 3 aromatic carbocycles. The Bertz CT molecular complexity index is 1420. The fraction of sp³-hybridized carbons (Fsp3) is 0.0833. The van der Waals surface area contributed by atoms with Gasteiger partial charge >= 0.3 is 5.97 Å². The van der Waals surface area contributed by atoms with Gasteiger partial charge in [0.25, 0.3) is 0 Å². The molecule has 10 heteroatoms. The number of anilines is 2. The maximum atomic E-state index is 13.5. The van der Waals surface area contributed by atoms with E-state index in [-0.39, 0.29) is 10.7 Å². The van der Waals surface area contributed by atoms with E-state index in [9.17, 15) is 17.6 Å². The monoisotopic (exact) mass is 497 g/mol. The highest BCUT2D eigenvalue weighted by molar-refractivity contribution is 7.89. The van der Waals surface area contributed by atoms with Gasteiger partial charge in [-0.2, -0.15) is 0 Å². The van der Waals surface area contributed by atoms with E-state index in [1.165, 1.54) is 35.6 Å². The molecule has 3 N–H and O–H groups in total. The average Bonchev–Trinajstić information content (AvgIpc) is 3.23. The molecule has 0 atom stereocenters. The summed E-state index contributed by atoms with van der Waals surface area (Å²) in [5, 5.41) is 8.98. The number of hydrogen-bond donors (Lipinski definition) is 2. The molecule has 4 rings (SSSR count). The average molecular weight is 498 g/mol. The molecule has 7 nitrogen and oxygen atoms in total. The zero-order chi connectivity index (χ0) is 24.3. The molecule has 0 saturated carbocycles. The Kier molecular flexibility index (Phi) is 6.73. The number of carbonyl (C=O) groups excluding carboxylic acids is 1. The maximum Gasteiger partial charge on any atom is 0.338 e. The maximum absolute atomic E-state index is 13.5. The number of ether oxygens (including phenoxy) is 1. The molecular weight excluding hydrogens is 477 g/mol. The van der Waals surface area contributed by atoms with Gasteiger partial charge in [-0.1, -0.05) is 23.5 Å². The molecule has 0 fully saturated rings. The summed E-state index contributed by atoms with van der Waals surface area (Å²) >= 11 is 1.35. The predicted octanol–water partition coefficient (Wildman–Crippen LogP) is 5.18. The van der Waals surface area contributed by atoms with Crippen LogP contribution >= 0.6 is 11.3 Å². The summed E-state index contributed by atoms with van der Waals surface area (Å²) in [4.78, 5) is 17.3. The van der Waals surface area contributed by atoms with E-state index in [0.717, 1.165) is 10.4 Å². The van der Waals surface area contributed by atoms with Crippen LogP contribution in [0.4, 0.5) is 15.2 Å². The van der Waals surface area contributed by atoms with E-state index in [2.05, 4.69) is 5.32 Å². The number of halogens is 1. The first kappa shape index (κ1) is 23.6. The number of nitrogens with two attached hydrogens (primary N) is 1. The van der Waals surface area contributed by atoms with Crippen LogP contribution in [0.3, 0.4) is 0 Å². The smallest absolute Gasteiger partial charge is 0.338 e. The second-order valence-electron chi connectivity index (χ2n) is 7.20. The van der Waals surface area contributed by atoms with Gasteiger partial charge < -0.3 is 10.1 Å². The van der Waals surface area contributed by atoms with Crippen molar-refractivity contribution in [2.75, 3.05) is 11.9 Å². The number of nitrogens with one attached hydrogen (secondary N) is 1. The highest BCUT2D eigenvalue weighted by Crippen LogP contribution is 2.40. The number of benzene rings is 3. The van der Waals surface area contributed by atoms with E-state index in [1.807, 2.05) is 0 Å². The third-order valence-corrected chi connectivity index (χ3v) is 6.79. The molecule has 4 aromatic rings. The Hall–Kier alpha value is -3.60. The van der Waals surface area contributed by atoms with Crippen LogP contribution in [0, 0.1) is 5.82 Å². The lowest BCUT2D eigenvalue weighted by atomic mass is 10.1. The Morgan fingerprint density at radius 1 is 1.00 bits per heavy atom. The van der Waals surface area contributed by atoms with Crippen molar-refractivity contribution in [3.05, 3.63) is 84.2 Å². The van der Waals surface area contributed by atoms with E-state index in [0.29, 0.717) is 34.2 Å². The number of primary sulfonamides is 1. The molecule has 0 radical (unpaired) electrons. The summed E-state index contributed by atoms with van der Waals surface area (Å²) in [5.41, 5.74) is 3.19. The third kappa shape index (κ3) is 5.30. The van der Waals surface area contributed by atoms with Gasteiger partial charge in [0.1, 0.15) is 5.82 Å². The number of sulfonamides is 1. The molecule has 0 aliphatic rings. The number of nitrogens with zero attached hydrogens (tertiary/aromatic N) is 1. The summed E-state index contributed by atoms with van der Waals surface area (Å²) in [5.74, 6) is -0.759. The minimum Gasteiger partial charge on any atom is -0.462 e. The molecular formula is C24H20FN3O4S2. The lowest BCUT2D eigenvalue weighted by molar-refractivity contribution is 0.0526. The Morgan fingerprint density at radius 3 is 2.21 bits per heavy atom. The molecule has 0 spiro atoms. The number of rotatable bonds is 7. The Morgan fingerprint density at radius 2 is 1.62 bits per heavy atom. The fourth-order valence-electron chi connectivity index (χ4n) is 3.20. The van der Waals surface area contributed by atoms with Gasteiger partial charge in [-0.25, -0.2) is 27.7 Å². The summed E-state index contributed by atoms with van der Waals surface area (Å²) < 4.78 is 41.7. The van der Waals surface area contributed by atoms with Crippen molar-refractivity contribution in [1.82, 2.24) is 4.98 Å². The predicted molar refractivity (Wildman–Crippen MR) is 130 cm³/mol. The largest absolute Gasteiger partial charge is 0.462 e. The van der Waals surface area contributed by atoms with E-state index < -0.39 is 16.0 Å². The molecule has 0 amide bonds. The molecule has 0 bridgehead atoms. The first-order valence-corrected chi connectivity index (χ1v) is 12.5. The second kappa shape index (κ2) is 9.72. The molecule has 174 valence electrons. The second-order valence-corrected chi connectivity index (χ2v) is 9.76. The zero-order valence-corrected chi connectivity index (χ0v) is 19.6. The molecule has 34 heavy (non-hydrogen) atoms. The van der Waals surface area contributed by atoms with Crippen molar-refractivity contribution < 1.29 is 22.3 Å². The number of carbonyl (C=O) groups is 1. The summed E-state index contributed by atoms with van der Waals surface area (Å²) in [6, 6.07) is 18.9. The van der Waals surface area contributed by atoms with Crippen molar-refractivity contribution in [3.63, 3.8) is 0 Å². The van der Waals surface area contributed by atoms with E-state index in [4.69, 9.17) is 14.9 Å². The van der Waals surface area contributed by atoms with Crippen LogP contribution in [0.1, 0.15) is 17.3 Å². The van der Waals surface area contributed by atoms with E-state index >= 15 is 0 Å². The van der Waals surface area contributed by atoms with Crippen LogP contribution in [0.5, 0.6) is 0 Å². The molecule has 0 saturated heterocycles. The molecule has 0 aliphatic heterocycles. The quantitative estimate of drug-likeness (QED) is 0.340. The lowest BCUT2D eigenvalue weighted by Gasteiger charge is -2.04. The first-order chi connectivity index (χ1) is 16.2. The third-order valence-electron chi connectivity index (χ3n) is 4.84. The highest BCUT2D eigenvalue weighted by Gasteiger charge is 2.17. The Balaban J connectivity index is 1.69. The van der Waals surface area contributed by atoms with Crippen molar-refractivity contribution in [3.8, 4) is 21.7 Å². The lowest BCUT2D eigenvalue weighted by Crippen LogP contribution is -2.11. The van der Waals surface area contributed by atoms with Crippen LogP contribution in [0.2, 0.25) is 0 Å². The van der Waals surface area contributed by atoms with Crippen molar-refractivity contribution >= 4 is 38.1 Å². The molecule has 1 heterocycles. The van der Waals surface area contributed by atoms with Crippen LogP contribution in [-0.4, -0.2) is 26.0 Å². The number of esters is 1. The van der Waals surface area contributed by atoms with Gasteiger partial charge in [-0.15, -0.1) is 0 Å². The van der Waals surface area contributed by atoms with Crippen LogP contribution in [0.15, 0.2) is 77.7 Å². The fourth-order valence-corrected chi connectivity index (χ4v) is 4.72. The minimum absolute atomic E-state index is 0.00383. The van der Waals surface area contributed by atoms with Crippen molar-refractivity contribution in [2.45, 2.75) is 11.8 Å². The highest BCUT2D eigenvalue weighted by atomic mass is 32.2. The van der Waals surface area contributed by atoms with Crippen molar-refractivity contribution in [1.29, 1.82) is 0 Å². The van der Waals surface area contributed by atoms with Gasteiger partial charge in [-0.05, 0) is 73.2 Å². The topological polar surface area (TPSA) is 111 Å². The Labute approximate surface area is 200 Å². The van der Waals surface area contributed by atoms with E-state index in [1.54, 1.807) is 55.5 Å². The van der Waals surface area contributed by atoms with Gasteiger partial charge in [-0.3, -0.25) is 0 Å². The molecule has 0 aliphatic carbocycles. The normalized spacial score (nSPS) is 11.3. The number of hydrogen-bond acceptors (Lipinski definition) is 7. The molecule has 0 unspecified atom stereocenters. The summed E-state index contributed by atoms with van der Waals surface area (Å²) in [6.07, 6.45) is 0. The summed E-state index contributed by atoms with van der Waals surface area (Å²) in [6.45, 7) is 2.04. The van der Waals surface area contributed by atoms with Crippen LogP contribution in [0.25, 0.3) is 21.7 Å². The minimum atomic E-state index is -3.82. The van der Waals surface area contributed by atoms with Gasteiger partial charge in [0.15, 0.2) is 5.13 Å². The number of aromatic nitrogens is 1. The van der Waals surface area contributed by atoms with Crippen LogP contribution < -0.4 is 10.5 Å². The standard InChI is InChI=1S/C24H20FN3O4S2/c1-2-32-23(29)17-5-11-19(12-6-17)27-24-28-21(15-3-9-18(25)10-4-15)22(33-24)16-7-13-20(14-8-16)34(26,30)31/h3-14H,2H2,1H3,(H,27,28)(H2,26,30,31). The van der Waals surface area contributed by atoms with Crippen molar-refractivity contribution in [2.24, 2.45) is 5.14 Å². The first-order valence-electron chi connectivity index (χ1n) is 10.2. The summed E-state index contributed by atoms with van der Waals surface area (Å²) in [7, 11) is -3.82. The zero-order valence-electron chi connectivity index (χ0n) is 18.0. The van der Waals surface area contributed by atoms with Crippen LogP contribution in [-0.2, 0) is 14.8 Å². The van der Waals surface area contributed by atoms with Gasteiger partial charge in [0.05, 0.1) is 27.6 Å². The molecule has 1 aromatic heterocycles.